The fourth-order valence-corrected chi connectivity index (χ4v) is 3.42. The molecule has 1 atom stereocenters. The highest BCUT2D eigenvalue weighted by Gasteiger charge is 2.22. The molecule has 0 aliphatic rings. The van der Waals surface area contributed by atoms with Crippen LogP contribution in [0.3, 0.4) is 0 Å². The van der Waals surface area contributed by atoms with Crippen LogP contribution in [0, 0.1) is 0 Å². The summed E-state index contributed by atoms with van der Waals surface area (Å²) in [5.41, 5.74) is 1.68. The fourth-order valence-electron chi connectivity index (χ4n) is 2.25. The lowest BCUT2D eigenvalue weighted by Gasteiger charge is -2.20. The van der Waals surface area contributed by atoms with Crippen LogP contribution in [-0.4, -0.2) is 28.4 Å². The average Bonchev–Trinajstić information content (AvgIpc) is 3.09. The normalized spacial score (nSPS) is 12.0. The Bertz CT molecular complexity index is 870. The molecular weight excluding hydrogens is 402 g/mol. The molecule has 0 unspecified atom stereocenters. The second kappa shape index (κ2) is 7.84. The van der Waals surface area contributed by atoms with E-state index in [9.17, 15) is 4.79 Å². The second-order valence-corrected chi connectivity index (χ2v) is 7.58. The molecular formula is C18H16BrN3O2S. The third kappa shape index (κ3) is 4.29. The first-order chi connectivity index (χ1) is 12.0. The van der Waals surface area contributed by atoms with Crippen molar-refractivity contribution in [2.24, 2.45) is 0 Å². The summed E-state index contributed by atoms with van der Waals surface area (Å²) < 4.78 is 6.62. The molecule has 0 aliphatic heterocycles. The predicted octanol–water partition coefficient (Wildman–Crippen LogP) is 4.64. The molecule has 3 aromatic rings. The maximum absolute atomic E-state index is 12.6. The van der Waals surface area contributed by atoms with Crippen molar-refractivity contribution >= 4 is 39.3 Å². The van der Waals surface area contributed by atoms with Gasteiger partial charge in [-0.1, -0.05) is 52.0 Å². The molecule has 1 amide bonds. The smallest absolute Gasteiger partial charge is 0.277 e. The van der Waals surface area contributed by atoms with Crippen molar-refractivity contribution in [1.29, 1.82) is 0 Å². The molecule has 0 fully saturated rings. The molecule has 2 aromatic carbocycles. The number of hydrogen-bond donors (Lipinski definition) is 0. The lowest BCUT2D eigenvalue weighted by Crippen LogP contribution is -2.33. The van der Waals surface area contributed by atoms with Crippen LogP contribution in [0.5, 0.6) is 0 Å². The summed E-state index contributed by atoms with van der Waals surface area (Å²) in [6, 6.07) is 17.1. The number of anilines is 1. The van der Waals surface area contributed by atoms with E-state index < -0.39 is 0 Å². The van der Waals surface area contributed by atoms with Gasteiger partial charge in [0.1, 0.15) is 0 Å². The van der Waals surface area contributed by atoms with Gasteiger partial charge in [0, 0.05) is 22.8 Å². The number of amides is 1. The first-order valence-electron chi connectivity index (χ1n) is 7.63. The van der Waals surface area contributed by atoms with Gasteiger partial charge in [-0.15, -0.1) is 10.2 Å². The van der Waals surface area contributed by atoms with Crippen LogP contribution >= 0.6 is 27.7 Å². The van der Waals surface area contributed by atoms with Crippen LogP contribution < -0.4 is 4.90 Å². The van der Waals surface area contributed by atoms with Crippen molar-refractivity contribution in [3.8, 4) is 11.5 Å². The Hall–Kier alpha value is -2.12. The summed E-state index contributed by atoms with van der Waals surface area (Å²) in [5.74, 6) is 0.401. The molecule has 5 nitrogen and oxygen atoms in total. The molecule has 0 bridgehead atoms. The molecule has 1 heterocycles. The number of nitrogens with zero attached hydrogens (tertiary/aromatic N) is 3. The van der Waals surface area contributed by atoms with Gasteiger partial charge in [-0.25, -0.2) is 0 Å². The van der Waals surface area contributed by atoms with Crippen molar-refractivity contribution in [3.05, 3.63) is 59.1 Å². The zero-order chi connectivity index (χ0) is 17.8. The van der Waals surface area contributed by atoms with Crippen LogP contribution in [0.2, 0.25) is 0 Å². The van der Waals surface area contributed by atoms with E-state index in [1.807, 2.05) is 61.5 Å². The van der Waals surface area contributed by atoms with E-state index in [1.165, 1.54) is 11.8 Å². The molecule has 3 rings (SSSR count). The van der Waals surface area contributed by atoms with Crippen LogP contribution in [0.4, 0.5) is 5.69 Å². The molecule has 128 valence electrons. The Morgan fingerprint density at radius 1 is 1.16 bits per heavy atom. The lowest BCUT2D eigenvalue weighted by atomic mass is 10.2. The number of para-hydroxylation sites is 1. The van der Waals surface area contributed by atoms with Gasteiger partial charge in [-0.3, -0.25) is 4.79 Å². The number of rotatable bonds is 5. The van der Waals surface area contributed by atoms with Gasteiger partial charge in [-0.05, 0) is 37.3 Å². The van der Waals surface area contributed by atoms with Gasteiger partial charge in [0.2, 0.25) is 11.8 Å². The van der Waals surface area contributed by atoms with E-state index >= 15 is 0 Å². The Morgan fingerprint density at radius 2 is 1.92 bits per heavy atom. The standard InChI is InChI=1S/C18H16BrN3O2S/c1-12(17(23)22(2)15-9-4-3-5-10-15)25-18-21-20-16(24-18)13-7-6-8-14(19)11-13/h3-12H,1-2H3/t12-/m1/s1. The van der Waals surface area contributed by atoms with Crippen LogP contribution in [0.1, 0.15) is 6.92 Å². The summed E-state index contributed by atoms with van der Waals surface area (Å²) in [4.78, 5) is 14.2. The van der Waals surface area contributed by atoms with Gasteiger partial charge in [0.15, 0.2) is 0 Å². The monoisotopic (exact) mass is 417 g/mol. The Balaban J connectivity index is 1.69. The molecule has 7 heteroatoms. The topological polar surface area (TPSA) is 59.2 Å². The summed E-state index contributed by atoms with van der Waals surface area (Å²) in [6.45, 7) is 1.83. The zero-order valence-corrected chi connectivity index (χ0v) is 16.1. The zero-order valence-electron chi connectivity index (χ0n) is 13.7. The van der Waals surface area contributed by atoms with E-state index in [0.717, 1.165) is 15.7 Å². The summed E-state index contributed by atoms with van der Waals surface area (Å²) in [5, 5.41) is 8.12. The van der Waals surface area contributed by atoms with Crippen molar-refractivity contribution < 1.29 is 9.21 Å². The minimum atomic E-state index is -0.346. The molecule has 25 heavy (non-hydrogen) atoms. The largest absolute Gasteiger partial charge is 0.411 e. The van der Waals surface area contributed by atoms with Gasteiger partial charge < -0.3 is 9.32 Å². The molecule has 0 spiro atoms. The van der Waals surface area contributed by atoms with Gasteiger partial charge in [0.05, 0.1) is 5.25 Å². The summed E-state index contributed by atoms with van der Waals surface area (Å²) >= 11 is 4.67. The van der Waals surface area contributed by atoms with E-state index in [1.54, 1.807) is 11.9 Å². The molecule has 0 aliphatic carbocycles. The third-order valence-corrected chi connectivity index (χ3v) is 4.99. The second-order valence-electron chi connectivity index (χ2n) is 5.38. The minimum Gasteiger partial charge on any atom is -0.411 e. The number of halogens is 1. The van der Waals surface area contributed by atoms with Crippen LogP contribution in [-0.2, 0) is 4.79 Å². The highest BCUT2D eigenvalue weighted by molar-refractivity contribution is 9.10. The van der Waals surface area contributed by atoms with Gasteiger partial charge in [0.25, 0.3) is 5.22 Å². The maximum atomic E-state index is 12.6. The highest BCUT2D eigenvalue weighted by Crippen LogP contribution is 2.28. The molecule has 0 saturated carbocycles. The first-order valence-corrected chi connectivity index (χ1v) is 9.30. The van der Waals surface area contributed by atoms with Gasteiger partial charge >= 0.3 is 0 Å². The van der Waals surface area contributed by atoms with Crippen molar-refractivity contribution in [2.75, 3.05) is 11.9 Å². The molecule has 0 radical (unpaired) electrons. The number of benzene rings is 2. The number of hydrogen-bond acceptors (Lipinski definition) is 5. The van der Waals surface area contributed by atoms with Crippen LogP contribution in [0.15, 0.2) is 68.7 Å². The minimum absolute atomic E-state index is 0.0293. The fraction of sp³-hybridized carbons (Fsp3) is 0.167. The van der Waals surface area contributed by atoms with E-state index in [4.69, 9.17) is 4.42 Å². The van der Waals surface area contributed by atoms with Crippen molar-refractivity contribution in [1.82, 2.24) is 10.2 Å². The first kappa shape index (κ1) is 17.7. The van der Waals surface area contributed by atoms with Crippen molar-refractivity contribution in [3.63, 3.8) is 0 Å². The Morgan fingerprint density at radius 3 is 2.64 bits per heavy atom. The number of aromatic nitrogens is 2. The number of carbonyl (C=O) groups is 1. The third-order valence-electron chi connectivity index (χ3n) is 3.58. The van der Waals surface area contributed by atoms with E-state index in [-0.39, 0.29) is 11.2 Å². The molecule has 0 N–H and O–H groups in total. The highest BCUT2D eigenvalue weighted by atomic mass is 79.9. The predicted molar refractivity (Wildman–Crippen MR) is 103 cm³/mol. The van der Waals surface area contributed by atoms with E-state index in [0.29, 0.717) is 11.1 Å². The summed E-state index contributed by atoms with van der Waals surface area (Å²) in [7, 11) is 1.76. The van der Waals surface area contributed by atoms with Crippen LogP contribution in [0.25, 0.3) is 11.5 Å². The summed E-state index contributed by atoms with van der Waals surface area (Å²) in [6.07, 6.45) is 0. The molecule has 0 saturated heterocycles. The maximum Gasteiger partial charge on any atom is 0.277 e. The molecule has 1 aromatic heterocycles. The SMILES string of the molecule is C[C@@H](Sc1nnc(-c2cccc(Br)c2)o1)C(=O)N(C)c1ccccc1. The number of carbonyl (C=O) groups excluding carboxylic acids is 1. The Kier molecular flexibility index (Phi) is 5.55. The Labute approximate surface area is 158 Å². The van der Waals surface area contributed by atoms with Crippen molar-refractivity contribution in [2.45, 2.75) is 17.4 Å². The quantitative estimate of drug-likeness (QED) is 0.565. The van der Waals surface area contributed by atoms with E-state index in [2.05, 4.69) is 26.1 Å². The lowest BCUT2D eigenvalue weighted by molar-refractivity contribution is -0.117. The van der Waals surface area contributed by atoms with Gasteiger partial charge in [-0.2, -0.15) is 0 Å². The number of thioether (sulfide) groups is 1. The average molecular weight is 418 g/mol.